The Bertz CT molecular complexity index is 1090. The minimum absolute atomic E-state index is 0.0729. The number of hydrogen-bond donors (Lipinski definition) is 1. The quantitative estimate of drug-likeness (QED) is 0.719. The lowest BCUT2D eigenvalue weighted by Crippen LogP contribution is -2.69. The highest BCUT2D eigenvalue weighted by molar-refractivity contribution is 5.84. The number of pyridine rings is 1. The fourth-order valence-corrected chi connectivity index (χ4v) is 5.43. The van der Waals surface area contributed by atoms with Crippen molar-refractivity contribution in [3.63, 3.8) is 0 Å². The highest BCUT2D eigenvalue weighted by Crippen LogP contribution is 2.70. The van der Waals surface area contributed by atoms with Crippen LogP contribution in [0.25, 0.3) is 10.9 Å². The average molecular weight is 392 g/mol. The number of rotatable bonds is 5. The van der Waals surface area contributed by atoms with Crippen molar-refractivity contribution in [1.29, 1.82) is 0 Å². The third-order valence-corrected chi connectivity index (χ3v) is 6.97. The van der Waals surface area contributed by atoms with Crippen LogP contribution in [0.1, 0.15) is 49.1 Å². The highest BCUT2D eigenvalue weighted by Gasteiger charge is 2.69. The summed E-state index contributed by atoms with van der Waals surface area (Å²) in [5.41, 5.74) is 4.51. The van der Waals surface area contributed by atoms with Gasteiger partial charge in [-0.25, -0.2) is 4.68 Å². The van der Waals surface area contributed by atoms with Crippen molar-refractivity contribution in [2.24, 2.45) is 5.41 Å². The first kappa shape index (κ1) is 17.4. The minimum Gasteiger partial charge on any atom is -0.484 e. The van der Waals surface area contributed by atoms with E-state index in [1.807, 2.05) is 36.1 Å². The molecule has 0 radical (unpaired) electrons. The number of benzene rings is 1. The summed E-state index contributed by atoms with van der Waals surface area (Å²) < 4.78 is 13.8. The first-order valence-corrected chi connectivity index (χ1v) is 10.3. The maximum atomic E-state index is 9.47. The lowest BCUT2D eigenvalue weighted by Gasteiger charge is -2.69. The van der Waals surface area contributed by atoms with E-state index in [9.17, 15) is 5.11 Å². The summed E-state index contributed by atoms with van der Waals surface area (Å²) in [6, 6.07) is 6.06. The first-order valence-electron chi connectivity index (χ1n) is 10.3. The maximum absolute atomic E-state index is 9.47. The van der Waals surface area contributed by atoms with Crippen molar-refractivity contribution in [3.8, 4) is 5.75 Å². The van der Waals surface area contributed by atoms with E-state index in [0.717, 1.165) is 60.2 Å². The molecule has 1 atom stereocenters. The fourth-order valence-electron chi connectivity index (χ4n) is 5.43. The standard InChI is InChI=1S/C22H24N4O3/c1-14(20-8-26(25-24-20)22-10-21(11-22,12-22)13-27)29-16-2-3-19-18(6-16)17-4-5-28-9-15(17)7-23-19/h2-3,6-8,14,27H,4-5,9-13H2,1H3/t14-,21?,22?/m1/s1. The zero-order valence-electron chi connectivity index (χ0n) is 16.5. The van der Waals surface area contributed by atoms with Gasteiger partial charge in [-0.05, 0) is 61.9 Å². The van der Waals surface area contributed by atoms with E-state index < -0.39 is 0 Å². The molecule has 3 aromatic rings. The molecule has 3 heterocycles. The Hall–Kier alpha value is -2.51. The fraction of sp³-hybridized carbons (Fsp3) is 0.500. The van der Waals surface area contributed by atoms with Gasteiger partial charge in [-0.1, -0.05) is 5.21 Å². The third-order valence-electron chi connectivity index (χ3n) is 6.97. The summed E-state index contributed by atoms with van der Waals surface area (Å²) in [6.07, 6.45) is 7.63. The average Bonchev–Trinajstić information content (AvgIpc) is 3.16. The Morgan fingerprint density at radius 1 is 1.31 bits per heavy atom. The van der Waals surface area contributed by atoms with Crippen molar-refractivity contribution in [2.45, 2.75) is 50.9 Å². The largest absolute Gasteiger partial charge is 0.484 e. The van der Waals surface area contributed by atoms with E-state index in [-0.39, 0.29) is 23.7 Å². The Morgan fingerprint density at radius 3 is 3.00 bits per heavy atom. The molecule has 0 unspecified atom stereocenters. The predicted molar refractivity (Wildman–Crippen MR) is 106 cm³/mol. The summed E-state index contributed by atoms with van der Waals surface area (Å²) in [4.78, 5) is 4.56. The molecule has 3 aliphatic carbocycles. The second-order valence-corrected chi connectivity index (χ2v) is 9.00. The molecule has 2 aromatic heterocycles. The Morgan fingerprint density at radius 2 is 2.17 bits per heavy atom. The van der Waals surface area contributed by atoms with Gasteiger partial charge >= 0.3 is 0 Å². The minimum atomic E-state index is -0.198. The van der Waals surface area contributed by atoms with Gasteiger partial charge in [-0.15, -0.1) is 5.10 Å². The summed E-state index contributed by atoms with van der Waals surface area (Å²) >= 11 is 0. The van der Waals surface area contributed by atoms with E-state index in [1.54, 1.807) is 0 Å². The van der Waals surface area contributed by atoms with Gasteiger partial charge in [0.2, 0.25) is 0 Å². The second-order valence-electron chi connectivity index (χ2n) is 9.00. The van der Waals surface area contributed by atoms with Gasteiger partial charge in [-0.3, -0.25) is 4.98 Å². The van der Waals surface area contributed by atoms with E-state index in [4.69, 9.17) is 9.47 Å². The van der Waals surface area contributed by atoms with Gasteiger partial charge in [0.1, 0.15) is 17.5 Å². The Kier molecular flexibility index (Phi) is 3.59. The first-order chi connectivity index (χ1) is 14.1. The van der Waals surface area contributed by atoms with E-state index >= 15 is 0 Å². The van der Waals surface area contributed by atoms with E-state index in [0.29, 0.717) is 6.61 Å². The lowest BCUT2D eigenvalue weighted by molar-refractivity contribution is -0.213. The maximum Gasteiger partial charge on any atom is 0.141 e. The van der Waals surface area contributed by atoms with Crippen LogP contribution in [0.5, 0.6) is 5.75 Å². The molecule has 0 saturated heterocycles. The summed E-state index contributed by atoms with van der Waals surface area (Å²) in [7, 11) is 0. The van der Waals surface area contributed by atoms with Gasteiger partial charge in [-0.2, -0.15) is 0 Å². The number of aromatic nitrogens is 4. The van der Waals surface area contributed by atoms with Gasteiger partial charge < -0.3 is 14.6 Å². The number of fused-ring (bicyclic) bond motifs is 3. The Labute approximate surface area is 168 Å². The predicted octanol–water partition coefficient (Wildman–Crippen LogP) is 2.91. The van der Waals surface area contributed by atoms with Crippen LogP contribution in [-0.2, 0) is 23.3 Å². The van der Waals surface area contributed by atoms with Gasteiger partial charge in [0.25, 0.3) is 0 Å². The van der Waals surface area contributed by atoms with Crippen LogP contribution in [0.2, 0.25) is 0 Å². The zero-order valence-corrected chi connectivity index (χ0v) is 16.5. The molecule has 1 aromatic carbocycles. The zero-order chi connectivity index (χ0) is 19.6. The van der Waals surface area contributed by atoms with Gasteiger partial charge in [0, 0.05) is 23.6 Å². The lowest BCUT2D eigenvalue weighted by atomic mass is 9.40. The normalized spacial score (nSPS) is 28.3. The Balaban J connectivity index is 1.23. The van der Waals surface area contributed by atoms with Crippen molar-refractivity contribution < 1.29 is 14.6 Å². The molecule has 4 aliphatic rings. The van der Waals surface area contributed by atoms with Crippen LogP contribution in [0.4, 0.5) is 0 Å². The number of hydrogen-bond acceptors (Lipinski definition) is 6. The SMILES string of the molecule is C[C@@H](Oc1ccc2ncc3c(c2c1)CCOC3)c1cn(C23CC(CO)(C2)C3)nn1. The molecule has 7 nitrogen and oxygen atoms in total. The van der Waals surface area contributed by atoms with Crippen molar-refractivity contribution >= 4 is 10.9 Å². The van der Waals surface area contributed by atoms with E-state index in [2.05, 4.69) is 21.4 Å². The van der Waals surface area contributed by atoms with Crippen molar-refractivity contribution in [3.05, 3.63) is 47.4 Å². The summed E-state index contributed by atoms with van der Waals surface area (Å²) in [5.74, 6) is 0.811. The molecule has 150 valence electrons. The molecule has 0 amide bonds. The molecule has 3 fully saturated rings. The number of ether oxygens (including phenoxy) is 2. The summed E-state index contributed by atoms with van der Waals surface area (Å²) in [6.45, 7) is 3.66. The van der Waals surface area contributed by atoms with E-state index in [1.165, 1.54) is 5.56 Å². The molecular formula is C22H24N4O3. The molecule has 1 N–H and O–H groups in total. The molecule has 7 heteroatoms. The number of aliphatic hydroxyl groups is 1. The highest BCUT2D eigenvalue weighted by atomic mass is 16.5. The molecule has 7 rings (SSSR count). The molecule has 1 aliphatic heterocycles. The van der Waals surface area contributed by atoms with Crippen LogP contribution in [0.15, 0.2) is 30.6 Å². The number of nitrogens with zero attached hydrogens (tertiary/aromatic N) is 4. The molecule has 29 heavy (non-hydrogen) atoms. The molecule has 3 saturated carbocycles. The van der Waals surface area contributed by atoms with Crippen LogP contribution in [-0.4, -0.2) is 38.3 Å². The smallest absolute Gasteiger partial charge is 0.141 e. The van der Waals surface area contributed by atoms with Gasteiger partial charge in [0.15, 0.2) is 0 Å². The topological polar surface area (TPSA) is 82.3 Å². The summed E-state index contributed by atoms with van der Waals surface area (Å²) in [5, 5.41) is 19.3. The third kappa shape index (κ3) is 2.53. The van der Waals surface area contributed by atoms with Crippen LogP contribution >= 0.6 is 0 Å². The second kappa shape index (κ2) is 6.00. The monoisotopic (exact) mass is 392 g/mol. The molecular weight excluding hydrogens is 368 g/mol. The van der Waals surface area contributed by atoms with Crippen LogP contribution < -0.4 is 4.74 Å². The number of aliphatic hydroxyl groups excluding tert-OH is 1. The van der Waals surface area contributed by atoms with Crippen LogP contribution in [0, 0.1) is 5.41 Å². The molecule has 0 spiro atoms. The van der Waals surface area contributed by atoms with Crippen LogP contribution in [0.3, 0.4) is 0 Å². The van der Waals surface area contributed by atoms with Crippen molar-refractivity contribution in [1.82, 2.24) is 20.0 Å². The molecule has 2 bridgehead atoms. The van der Waals surface area contributed by atoms with Crippen molar-refractivity contribution in [2.75, 3.05) is 13.2 Å². The van der Waals surface area contributed by atoms with Gasteiger partial charge in [0.05, 0.1) is 30.5 Å².